The molecule has 1 aromatic carbocycles. The van der Waals surface area contributed by atoms with Crippen molar-refractivity contribution in [3.63, 3.8) is 0 Å². The van der Waals surface area contributed by atoms with Gasteiger partial charge in [0.15, 0.2) is 5.96 Å². The van der Waals surface area contributed by atoms with Gasteiger partial charge in [0.1, 0.15) is 6.61 Å². The lowest BCUT2D eigenvalue weighted by Gasteiger charge is -2.27. The third-order valence-electron chi connectivity index (χ3n) is 5.17. The lowest BCUT2D eigenvalue weighted by atomic mass is 9.84. The molecule has 0 spiro atoms. The van der Waals surface area contributed by atoms with E-state index >= 15 is 0 Å². The molecule has 1 aliphatic rings. The van der Waals surface area contributed by atoms with Gasteiger partial charge in [-0.05, 0) is 30.0 Å². The smallest absolute Gasteiger partial charge is 0.213 e. The van der Waals surface area contributed by atoms with Crippen LogP contribution < -0.4 is 15.4 Å². The Morgan fingerprint density at radius 1 is 1.24 bits per heavy atom. The van der Waals surface area contributed by atoms with Crippen molar-refractivity contribution in [3.8, 4) is 5.88 Å². The maximum Gasteiger partial charge on any atom is 0.213 e. The molecule has 1 saturated heterocycles. The van der Waals surface area contributed by atoms with E-state index in [9.17, 15) is 5.11 Å². The van der Waals surface area contributed by atoms with E-state index in [0.29, 0.717) is 25.6 Å². The highest BCUT2D eigenvalue weighted by molar-refractivity contribution is 5.79. The standard InChI is InChI=1S/C22H30N4O3/c1-23-21(26-16-22(8-11-27)9-12-28-17-22)25-14-19-7-10-24-20(13-19)29-15-18-5-3-2-4-6-18/h2-7,10,13,27H,8-9,11-12,14-17H2,1H3,(H2,23,25,26). The lowest BCUT2D eigenvalue weighted by Crippen LogP contribution is -2.44. The summed E-state index contributed by atoms with van der Waals surface area (Å²) in [5.41, 5.74) is 2.14. The van der Waals surface area contributed by atoms with Crippen LogP contribution in [0, 0.1) is 5.41 Å². The fraction of sp³-hybridized carbons (Fsp3) is 0.455. The number of aromatic nitrogens is 1. The predicted octanol–water partition coefficient (Wildman–Crippen LogP) is 2.11. The fourth-order valence-electron chi connectivity index (χ4n) is 3.36. The number of nitrogens with zero attached hydrogens (tertiary/aromatic N) is 2. The number of rotatable bonds is 9. The van der Waals surface area contributed by atoms with Gasteiger partial charge in [0.25, 0.3) is 0 Å². The van der Waals surface area contributed by atoms with Crippen molar-refractivity contribution >= 4 is 5.96 Å². The Kier molecular flexibility index (Phi) is 7.84. The van der Waals surface area contributed by atoms with Gasteiger partial charge in [0, 0.05) is 51.0 Å². The highest BCUT2D eigenvalue weighted by Crippen LogP contribution is 2.31. The number of pyridine rings is 1. The van der Waals surface area contributed by atoms with Crippen LogP contribution in [0.1, 0.15) is 24.0 Å². The summed E-state index contributed by atoms with van der Waals surface area (Å²) >= 11 is 0. The molecule has 3 N–H and O–H groups in total. The summed E-state index contributed by atoms with van der Waals surface area (Å²) in [5, 5.41) is 16.1. The van der Waals surface area contributed by atoms with Crippen molar-refractivity contribution < 1.29 is 14.6 Å². The zero-order valence-electron chi connectivity index (χ0n) is 16.9. The van der Waals surface area contributed by atoms with Gasteiger partial charge in [-0.1, -0.05) is 30.3 Å². The van der Waals surface area contributed by atoms with Crippen LogP contribution in [0.2, 0.25) is 0 Å². The van der Waals surface area contributed by atoms with Gasteiger partial charge in [0.2, 0.25) is 5.88 Å². The molecule has 3 rings (SSSR count). The molecular formula is C22H30N4O3. The number of nitrogens with one attached hydrogen (secondary N) is 2. The van der Waals surface area contributed by atoms with Gasteiger partial charge in [0.05, 0.1) is 6.61 Å². The summed E-state index contributed by atoms with van der Waals surface area (Å²) in [7, 11) is 1.75. The summed E-state index contributed by atoms with van der Waals surface area (Å²) in [6, 6.07) is 13.9. The zero-order chi connectivity index (χ0) is 20.4. The molecule has 1 fully saturated rings. The zero-order valence-corrected chi connectivity index (χ0v) is 16.9. The highest BCUT2D eigenvalue weighted by Gasteiger charge is 2.34. The fourth-order valence-corrected chi connectivity index (χ4v) is 3.36. The molecule has 0 radical (unpaired) electrons. The van der Waals surface area contributed by atoms with Crippen LogP contribution in [0.25, 0.3) is 0 Å². The Morgan fingerprint density at radius 2 is 2.10 bits per heavy atom. The van der Waals surface area contributed by atoms with Crippen molar-refractivity contribution in [2.45, 2.75) is 26.0 Å². The van der Waals surface area contributed by atoms with Crippen molar-refractivity contribution in [2.24, 2.45) is 10.4 Å². The van der Waals surface area contributed by atoms with Gasteiger partial charge in [-0.2, -0.15) is 0 Å². The monoisotopic (exact) mass is 398 g/mol. The summed E-state index contributed by atoms with van der Waals surface area (Å²) in [6.45, 7) is 3.39. The first-order valence-electron chi connectivity index (χ1n) is 9.98. The average Bonchev–Trinajstić information content (AvgIpc) is 3.22. The van der Waals surface area contributed by atoms with Gasteiger partial charge in [-0.3, -0.25) is 4.99 Å². The molecule has 2 aromatic rings. The molecule has 0 saturated carbocycles. The maximum absolute atomic E-state index is 9.36. The van der Waals surface area contributed by atoms with Crippen LogP contribution >= 0.6 is 0 Å². The molecule has 0 aliphatic carbocycles. The largest absolute Gasteiger partial charge is 0.473 e. The van der Waals surface area contributed by atoms with Gasteiger partial charge < -0.3 is 25.2 Å². The van der Waals surface area contributed by atoms with Gasteiger partial charge in [-0.15, -0.1) is 0 Å². The molecule has 0 amide bonds. The summed E-state index contributed by atoms with van der Waals surface area (Å²) < 4.78 is 11.3. The highest BCUT2D eigenvalue weighted by atomic mass is 16.5. The Morgan fingerprint density at radius 3 is 2.83 bits per heavy atom. The molecule has 156 valence electrons. The second-order valence-electron chi connectivity index (χ2n) is 7.33. The minimum absolute atomic E-state index is 0.0263. The van der Waals surface area contributed by atoms with Crippen molar-refractivity contribution in [2.75, 3.05) is 33.4 Å². The van der Waals surface area contributed by atoms with Crippen molar-refractivity contribution in [1.29, 1.82) is 0 Å². The van der Waals surface area contributed by atoms with Crippen LogP contribution in [0.3, 0.4) is 0 Å². The van der Waals surface area contributed by atoms with E-state index in [2.05, 4.69) is 20.6 Å². The molecule has 1 aliphatic heterocycles. The summed E-state index contributed by atoms with van der Waals surface area (Å²) in [6.07, 6.45) is 3.42. The van der Waals surface area contributed by atoms with Crippen LogP contribution in [-0.4, -0.2) is 49.5 Å². The summed E-state index contributed by atoms with van der Waals surface area (Å²) in [5.74, 6) is 1.32. The third-order valence-corrected chi connectivity index (χ3v) is 5.17. The number of hydrogen-bond donors (Lipinski definition) is 3. The quantitative estimate of drug-likeness (QED) is 0.443. The Hall–Kier alpha value is -2.64. The number of aliphatic imine (C=N–C) groups is 1. The van der Waals surface area contributed by atoms with E-state index in [4.69, 9.17) is 9.47 Å². The Balaban J connectivity index is 1.49. The van der Waals surface area contributed by atoms with E-state index in [1.54, 1.807) is 13.2 Å². The van der Waals surface area contributed by atoms with E-state index in [-0.39, 0.29) is 12.0 Å². The second kappa shape index (κ2) is 10.8. The first-order valence-corrected chi connectivity index (χ1v) is 9.98. The topological polar surface area (TPSA) is 88.0 Å². The maximum atomic E-state index is 9.36. The molecular weight excluding hydrogens is 368 g/mol. The molecule has 29 heavy (non-hydrogen) atoms. The Labute approximate surface area is 172 Å². The molecule has 2 heterocycles. The number of guanidine groups is 1. The van der Waals surface area contributed by atoms with Crippen LogP contribution in [0.5, 0.6) is 5.88 Å². The molecule has 0 bridgehead atoms. The minimum atomic E-state index is -0.0263. The lowest BCUT2D eigenvalue weighted by molar-refractivity contribution is 0.127. The number of aliphatic hydroxyl groups excluding tert-OH is 1. The van der Waals surface area contributed by atoms with Crippen molar-refractivity contribution in [3.05, 3.63) is 59.8 Å². The Bertz CT molecular complexity index is 777. The number of aliphatic hydroxyl groups is 1. The molecule has 7 nitrogen and oxygen atoms in total. The van der Waals surface area contributed by atoms with Crippen LogP contribution in [0.4, 0.5) is 0 Å². The van der Waals surface area contributed by atoms with E-state index in [0.717, 1.165) is 43.1 Å². The number of benzene rings is 1. The molecule has 7 heteroatoms. The van der Waals surface area contributed by atoms with E-state index in [1.807, 2.05) is 42.5 Å². The average molecular weight is 399 g/mol. The normalized spacial score (nSPS) is 19.2. The van der Waals surface area contributed by atoms with Crippen LogP contribution in [0.15, 0.2) is 53.7 Å². The molecule has 1 unspecified atom stereocenters. The number of hydrogen-bond acceptors (Lipinski definition) is 5. The van der Waals surface area contributed by atoms with Crippen molar-refractivity contribution in [1.82, 2.24) is 15.6 Å². The SMILES string of the molecule is CN=C(NCc1ccnc(OCc2ccccc2)c1)NCC1(CCO)CCOC1. The van der Waals surface area contributed by atoms with Crippen LogP contribution in [-0.2, 0) is 17.9 Å². The third kappa shape index (κ3) is 6.44. The molecule has 1 aromatic heterocycles. The minimum Gasteiger partial charge on any atom is -0.473 e. The number of ether oxygens (including phenoxy) is 2. The van der Waals surface area contributed by atoms with E-state index < -0.39 is 0 Å². The van der Waals surface area contributed by atoms with Gasteiger partial charge in [-0.25, -0.2) is 4.98 Å². The van der Waals surface area contributed by atoms with Gasteiger partial charge >= 0.3 is 0 Å². The van der Waals surface area contributed by atoms with E-state index in [1.165, 1.54) is 0 Å². The molecule has 1 atom stereocenters. The summed E-state index contributed by atoms with van der Waals surface area (Å²) in [4.78, 5) is 8.58. The predicted molar refractivity (Wildman–Crippen MR) is 113 cm³/mol. The first kappa shape index (κ1) is 21.1. The second-order valence-corrected chi connectivity index (χ2v) is 7.33. The first-order chi connectivity index (χ1) is 14.2.